The summed E-state index contributed by atoms with van der Waals surface area (Å²) in [6.07, 6.45) is 1.35. The third-order valence-electron chi connectivity index (χ3n) is 3.97. The number of amides is 1. The highest BCUT2D eigenvalue weighted by Crippen LogP contribution is 2.41. The summed E-state index contributed by atoms with van der Waals surface area (Å²) >= 11 is 0. The molecule has 0 aromatic heterocycles. The lowest BCUT2D eigenvalue weighted by Gasteiger charge is -2.35. The zero-order chi connectivity index (χ0) is 16.4. The van der Waals surface area contributed by atoms with E-state index in [1.165, 1.54) is 0 Å². The van der Waals surface area contributed by atoms with E-state index in [1.54, 1.807) is 17.0 Å². The summed E-state index contributed by atoms with van der Waals surface area (Å²) in [5, 5.41) is 0. The second-order valence-corrected chi connectivity index (χ2v) is 7.16. The van der Waals surface area contributed by atoms with Crippen LogP contribution in [0.5, 0.6) is 5.75 Å². The van der Waals surface area contributed by atoms with Crippen molar-refractivity contribution in [3.8, 4) is 5.75 Å². The molecule has 1 N–H and O–H groups in total. The van der Waals surface area contributed by atoms with Gasteiger partial charge in [0, 0.05) is 19.7 Å². The van der Waals surface area contributed by atoms with Gasteiger partial charge in [0.2, 0.25) is 10.0 Å². The van der Waals surface area contributed by atoms with Crippen LogP contribution in [-0.2, 0) is 26.0 Å². The Kier molecular flexibility index (Phi) is 4.56. The molecule has 7 nitrogen and oxygen atoms in total. The van der Waals surface area contributed by atoms with Crippen molar-refractivity contribution in [2.45, 2.75) is 24.7 Å². The maximum absolute atomic E-state index is 12.6. The van der Waals surface area contributed by atoms with Crippen molar-refractivity contribution in [1.82, 2.24) is 4.72 Å². The topological polar surface area (TPSA) is 84.9 Å². The van der Waals surface area contributed by atoms with Gasteiger partial charge in [-0.2, -0.15) is 0 Å². The standard InChI is InChI=1S/C15H20N2O5S/c1-2-21-9-7-16-23(19,20)13-6-5-12-15-11(13)4-3-8-17(15)14(18)10-22-12/h5-6,16H,2-4,7-10H2,1H3. The number of hydrogen-bond acceptors (Lipinski definition) is 5. The number of carbonyl (C=O) groups excluding carboxylic acids is 1. The van der Waals surface area contributed by atoms with Gasteiger partial charge in [0.05, 0.1) is 17.2 Å². The molecule has 1 aromatic carbocycles. The number of carbonyl (C=O) groups is 1. The number of ether oxygens (including phenoxy) is 2. The summed E-state index contributed by atoms with van der Waals surface area (Å²) in [7, 11) is -3.65. The van der Waals surface area contributed by atoms with Gasteiger partial charge in [0.25, 0.3) is 5.91 Å². The highest BCUT2D eigenvalue weighted by Gasteiger charge is 2.34. The number of benzene rings is 1. The lowest BCUT2D eigenvalue weighted by molar-refractivity contribution is -0.121. The largest absolute Gasteiger partial charge is 0.482 e. The molecule has 2 aliphatic rings. The first-order valence-electron chi connectivity index (χ1n) is 7.71. The lowest BCUT2D eigenvalue weighted by atomic mass is 10.00. The molecule has 1 amide bonds. The Labute approximate surface area is 135 Å². The average Bonchev–Trinajstić information content (AvgIpc) is 2.55. The van der Waals surface area contributed by atoms with E-state index in [0.717, 1.165) is 6.42 Å². The summed E-state index contributed by atoms with van der Waals surface area (Å²) in [6, 6.07) is 3.18. The van der Waals surface area contributed by atoms with E-state index in [1.807, 2.05) is 6.92 Å². The number of sulfonamides is 1. The van der Waals surface area contributed by atoms with E-state index in [0.29, 0.717) is 43.2 Å². The minimum atomic E-state index is -3.65. The number of nitrogens with one attached hydrogen (secondary N) is 1. The molecule has 0 saturated carbocycles. The third-order valence-corrected chi connectivity index (χ3v) is 5.51. The molecule has 23 heavy (non-hydrogen) atoms. The van der Waals surface area contributed by atoms with Crippen molar-refractivity contribution < 1.29 is 22.7 Å². The Bertz CT molecular complexity index is 717. The Morgan fingerprint density at radius 1 is 1.39 bits per heavy atom. The number of hydrogen-bond donors (Lipinski definition) is 1. The summed E-state index contributed by atoms with van der Waals surface area (Å²) in [5.41, 5.74) is 1.27. The van der Waals surface area contributed by atoms with E-state index >= 15 is 0 Å². The average molecular weight is 340 g/mol. The van der Waals surface area contributed by atoms with Crippen molar-refractivity contribution in [1.29, 1.82) is 0 Å². The zero-order valence-corrected chi connectivity index (χ0v) is 13.8. The molecule has 0 fully saturated rings. The molecule has 2 heterocycles. The minimum absolute atomic E-state index is 0.00510. The number of rotatable bonds is 6. The first kappa shape index (κ1) is 16.2. The number of nitrogens with zero attached hydrogens (tertiary/aromatic N) is 1. The van der Waals surface area contributed by atoms with Gasteiger partial charge in [0.15, 0.2) is 6.61 Å². The molecule has 0 bridgehead atoms. The first-order chi connectivity index (χ1) is 11.0. The van der Waals surface area contributed by atoms with Crippen LogP contribution in [0.3, 0.4) is 0 Å². The second-order valence-electron chi connectivity index (χ2n) is 5.42. The Morgan fingerprint density at radius 3 is 3.00 bits per heavy atom. The maximum atomic E-state index is 12.6. The van der Waals surface area contributed by atoms with Crippen molar-refractivity contribution >= 4 is 21.6 Å². The Morgan fingerprint density at radius 2 is 2.22 bits per heavy atom. The van der Waals surface area contributed by atoms with Crippen LogP contribution in [0, 0.1) is 0 Å². The minimum Gasteiger partial charge on any atom is -0.482 e. The van der Waals surface area contributed by atoms with Crippen LogP contribution in [0.2, 0.25) is 0 Å². The third kappa shape index (κ3) is 3.06. The molecule has 0 saturated heterocycles. The van der Waals surface area contributed by atoms with E-state index in [4.69, 9.17) is 9.47 Å². The molecular weight excluding hydrogens is 320 g/mol. The molecule has 1 aromatic rings. The summed E-state index contributed by atoms with van der Waals surface area (Å²) in [5.74, 6) is 0.449. The van der Waals surface area contributed by atoms with Crippen LogP contribution in [-0.4, -0.2) is 47.2 Å². The fraction of sp³-hybridized carbons (Fsp3) is 0.533. The SMILES string of the molecule is CCOCCNS(=O)(=O)c1ccc2c3c1CCCN3C(=O)CO2. The van der Waals surface area contributed by atoms with Crippen LogP contribution >= 0.6 is 0 Å². The molecule has 0 unspecified atom stereocenters. The zero-order valence-electron chi connectivity index (χ0n) is 13.0. The van der Waals surface area contributed by atoms with Gasteiger partial charge < -0.3 is 14.4 Å². The monoisotopic (exact) mass is 340 g/mol. The maximum Gasteiger partial charge on any atom is 0.265 e. The van der Waals surface area contributed by atoms with Gasteiger partial charge in [-0.3, -0.25) is 4.79 Å². The fourth-order valence-corrected chi connectivity index (χ4v) is 4.24. The summed E-state index contributed by atoms with van der Waals surface area (Å²) < 4.78 is 38.3. The van der Waals surface area contributed by atoms with Crippen molar-refractivity contribution in [3.05, 3.63) is 17.7 Å². The van der Waals surface area contributed by atoms with Crippen LogP contribution < -0.4 is 14.4 Å². The van der Waals surface area contributed by atoms with Gasteiger partial charge in [-0.25, -0.2) is 13.1 Å². The van der Waals surface area contributed by atoms with Gasteiger partial charge in [-0.15, -0.1) is 0 Å². The van der Waals surface area contributed by atoms with Crippen LogP contribution in [0.4, 0.5) is 5.69 Å². The Hall–Kier alpha value is -1.64. The van der Waals surface area contributed by atoms with E-state index < -0.39 is 10.0 Å². The molecule has 0 radical (unpaired) electrons. The molecular formula is C15H20N2O5S. The van der Waals surface area contributed by atoms with E-state index in [-0.39, 0.29) is 24.0 Å². The van der Waals surface area contributed by atoms with E-state index in [2.05, 4.69) is 4.72 Å². The molecule has 2 aliphatic heterocycles. The molecule has 3 rings (SSSR count). The van der Waals surface area contributed by atoms with Gasteiger partial charge in [-0.05, 0) is 37.5 Å². The van der Waals surface area contributed by atoms with Gasteiger partial charge in [0.1, 0.15) is 5.75 Å². The van der Waals surface area contributed by atoms with Crippen molar-refractivity contribution in [3.63, 3.8) is 0 Å². The molecule has 126 valence electrons. The van der Waals surface area contributed by atoms with Crippen LogP contribution in [0.25, 0.3) is 0 Å². The number of anilines is 1. The molecule has 0 atom stereocenters. The Balaban J connectivity index is 1.94. The highest BCUT2D eigenvalue weighted by molar-refractivity contribution is 7.89. The summed E-state index contributed by atoms with van der Waals surface area (Å²) in [4.78, 5) is 13.9. The summed E-state index contributed by atoms with van der Waals surface area (Å²) in [6.45, 7) is 3.54. The van der Waals surface area contributed by atoms with Crippen LogP contribution in [0.1, 0.15) is 18.9 Å². The fourth-order valence-electron chi connectivity index (χ4n) is 2.96. The second kappa shape index (κ2) is 6.46. The van der Waals surface area contributed by atoms with Crippen molar-refractivity contribution in [2.75, 3.05) is 37.8 Å². The van der Waals surface area contributed by atoms with Gasteiger partial charge in [-0.1, -0.05) is 0 Å². The normalized spacial score (nSPS) is 16.9. The van der Waals surface area contributed by atoms with Crippen LogP contribution in [0.15, 0.2) is 17.0 Å². The molecule has 0 aliphatic carbocycles. The molecule has 0 spiro atoms. The molecule has 8 heteroatoms. The predicted molar refractivity (Wildman–Crippen MR) is 84.3 cm³/mol. The smallest absolute Gasteiger partial charge is 0.265 e. The lowest BCUT2D eigenvalue weighted by Crippen LogP contribution is -2.42. The van der Waals surface area contributed by atoms with E-state index in [9.17, 15) is 13.2 Å². The quantitative estimate of drug-likeness (QED) is 0.770. The van der Waals surface area contributed by atoms with Crippen molar-refractivity contribution in [2.24, 2.45) is 0 Å². The highest BCUT2D eigenvalue weighted by atomic mass is 32.2. The first-order valence-corrected chi connectivity index (χ1v) is 9.19. The predicted octanol–water partition coefficient (Wildman–Crippen LogP) is 0.673. The van der Waals surface area contributed by atoms with Gasteiger partial charge >= 0.3 is 0 Å².